The van der Waals surface area contributed by atoms with Gasteiger partial charge in [0.1, 0.15) is 6.07 Å². The molecule has 13 heavy (non-hydrogen) atoms. The number of nitriles is 1. The molecule has 1 aromatic rings. The van der Waals surface area contributed by atoms with Crippen LogP contribution < -0.4 is 0 Å². The number of hydrogen-bond acceptors (Lipinski definition) is 2. The summed E-state index contributed by atoms with van der Waals surface area (Å²) in [5, 5.41) is 8.46. The number of halogens is 4. The Morgan fingerprint density at radius 1 is 1.54 bits per heavy atom. The number of alkyl halides is 2. The van der Waals surface area contributed by atoms with Crippen molar-refractivity contribution in [2.75, 3.05) is 0 Å². The second kappa shape index (κ2) is 3.75. The summed E-state index contributed by atoms with van der Waals surface area (Å²) in [5.41, 5.74) is -1.38. The standard InChI is InChI=1S/C7H2BrF3N2/c8-4-2-13-7(11)5(6(9)10)3(4)1-12/h2,6H. The van der Waals surface area contributed by atoms with E-state index in [1.54, 1.807) is 0 Å². The van der Waals surface area contributed by atoms with Crippen molar-refractivity contribution in [2.24, 2.45) is 0 Å². The molecular formula is C7H2BrF3N2. The van der Waals surface area contributed by atoms with Crippen LogP contribution >= 0.6 is 15.9 Å². The van der Waals surface area contributed by atoms with E-state index in [9.17, 15) is 13.2 Å². The molecule has 0 spiro atoms. The van der Waals surface area contributed by atoms with Crippen LogP contribution in [0.2, 0.25) is 0 Å². The normalized spacial score (nSPS) is 10.2. The molecule has 0 amide bonds. The highest BCUT2D eigenvalue weighted by atomic mass is 79.9. The summed E-state index contributed by atoms with van der Waals surface area (Å²) in [6, 6.07) is 1.48. The van der Waals surface area contributed by atoms with Crippen LogP contribution in [-0.4, -0.2) is 4.98 Å². The van der Waals surface area contributed by atoms with Gasteiger partial charge in [-0.1, -0.05) is 0 Å². The summed E-state index contributed by atoms with van der Waals surface area (Å²) in [6.07, 6.45) is -2.07. The fourth-order valence-corrected chi connectivity index (χ4v) is 1.20. The molecule has 0 aliphatic heterocycles. The first-order valence-corrected chi connectivity index (χ1v) is 3.89. The van der Waals surface area contributed by atoms with Crippen molar-refractivity contribution in [1.82, 2.24) is 4.98 Å². The van der Waals surface area contributed by atoms with Gasteiger partial charge in [-0.15, -0.1) is 0 Å². The highest BCUT2D eigenvalue weighted by Gasteiger charge is 2.21. The first kappa shape index (κ1) is 9.99. The number of pyridine rings is 1. The van der Waals surface area contributed by atoms with Crippen LogP contribution in [0.4, 0.5) is 13.2 Å². The number of hydrogen-bond donors (Lipinski definition) is 0. The SMILES string of the molecule is N#Cc1c(Br)cnc(F)c1C(F)F. The number of aromatic nitrogens is 1. The Hall–Kier alpha value is -1.09. The summed E-state index contributed by atoms with van der Waals surface area (Å²) in [5.74, 6) is -1.31. The molecule has 0 atom stereocenters. The van der Waals surface area contributed by atoms with Gasteiger partial charge in [0.15, 0.2) is 0 Å². The van der Waals surface area contributed by atoms with E-state index < -0.39 is 23.5 Å². The van der Waals surface area contributed by atoms with Crippen LogP contribution in [0.1, 0.15) is 17.6 Å². The lowest BCUT2D eigenvalue weighted by molar-refractivity contribution is 0.144. The maximum atomic E-state index is 12.7. The molecule has 0 aliphatic carbocycles. The zero-order chi connectivity index (χ0) is 10.0. The Balaban J connectivity index is 3.46. The van der Waals surface area contributed by atoms with E-state index in [-0.39, 0.29) is 4.47 Å². The Bertz CT molecular complexity index is 373. The van der Waals surface area contributed by atoms with Crippen molar-refractivity contribution in [1.29, 1.82) is 5.26 Å². The van der Waals surface area contributed by atoms with Crippen molar-refractivity contribution in [3.63, 3.8) is 0 Å². The van der Waals surface area contributed by atoms with E-state index in [1.165, 1.54) is 6.07 Å². The summed E-state index contributed by atoms with van der Waals surface area (Å²) in [4.78, 5) is 3.06. The molecule has 1 rings (SSSR count). The molecule has 6 heteroatoms. The van der Waals surface area contributed by atoms with E-state index >= 15 is 0 Å². The molecule has 68 valence electrons. The lowest BCUT2D eigenvalue weighted by Crippen LogP contribution is -1.99. The molecule has 0 unspecified atom stereocenters. The summed E-state index contributed by atoms with van der Waals surface area (Å²) < 4.78 is 37.2. The van der Waals surface area contributed by atoms with Crippen LogP contribution in [-0.2, 0) is 0 Å². The van der Waals surface area contributed by atoms with Crippen LogP contribution in [0.15, 0.2) is 10.7 Å². The molecular weight excluding hydrogens is 249 g/mol. The van der Waals surface area contributed by atoms with Crippen LogP contribution in [0, 0.1) is 17.3 Å². The summed E-state index contributed by atoms with van der Waals surface area (Å²) >= 11 is 2.82. The van der Waals surface area contributed by atoms with Crippen LogP contribution in [0.5, 0.6) is 0 Å². The van der Waals surface area contributed by atoms with Crippen LogP contribution in [0.3, 0.4) is 0 Å². The van der Waals surface area contributed by atoms with Gasteiger partial charge in [-0.2, -0.15) is 9.65 Å². The lowest BCUT2D eigenvalue weighted by atomic mass is 10.1. The van der Waals surface area contributed by atoms with E-state index in [4.69, 9.17) is 5.26 Å². The fourth-order valence-electron chi connectivity index (χ4n) is 0.792. The Kier molecular flexibility index (Phi) is 2.88. The van der Waals surface area contributed by atoms with Gasteiger partial charge in [0, 0.05) is 6.20 Å². The molecule has 0 saturated carbocycles. The van der Waals surface area contributed by atoms with E-state index in [2.05, 4.69) is 20.9 Å². The van der Waals surface area contributed by atoms with E-state index in [0.717, 1.165) is 6.20 Å². The second-order valence-corrected chi connectivity index (χ2v) is 2.95. The summed E-state index contributed by atoms with van der Waals surface area (Å²) in [6.45, 7) is 0. The van der Waals surface area contributed by atoms with Crippen molar-refractivity contribution < 1.29 is 13.2 Å². The van der Waals surface area contributed by atoms with Crippen molar-refractivity contribution in [3.8, 4) is 6.07 Å². The third-order valence-corrected chi connectivity index (χ3v) is 1.95. The van der Waals surface area contributed by atoms with Crippen LogP contribution in [0.25, 0.3) is 0 Å². The largest absolute Gasteiger partial charge is 0.269 e. The minimum Gasteiger partial charge on any atom is -0.227 e. The first-order valence-electron chi connectivity index (χ1n) is 3.10. The van der Waals surface area contributed by atoms with Gasteiger partial charge in [0.25, 0.3) is 6.43 Å². The smallest absolute Gasteiger partial charge is 0.227 e. The molecule has 0 aromatic carbocycles. The summed E-state index contributed by atoms with van der Waals surface area (Å²) in [7, 11) is 0. The van der Waals surface area contributed by atoms with Crippen molar-refractivity contribution >= 4 is 15.9 Å². The number of rotatable bonds is 1. The molecule has 0 aliphatic rings. The van der Waals surface area contributed by atoms with Gasteiger partial charge < -0.3 is 0 Å². The predicted molar refractivity (Wildman–Crippen MR) is 41.6 cm³/mol. The zero-order valence-electron chi connectivity index (χ0n) is 6.06. The molecule has 1 heterocycles. The van der Waals surface area contributed by atoms with E-state index in [1.807, 2.05) is 0 Å². The monoisotopic (exact) mass is 250 g/mol. The van der Waals surface area contributed by atoms with Gasteiger partial charge in [-0.3, -0.25) is 0 Å². The molecule has 0 N–H and O–H groups in total. The van der Waals surface area contributed by atoms with Gasteiger partial charge in [-0.05, 0) is 15.9 Å². The highest BCUT2D eigenvalue weighted by molar-refractivity contribution is 9.10. The minimum absolute atomic E-state index is 0.0618. The Labute approximate surface area is 80.1 Å². The fraction of sp³-hybridized carbons (Fsp3) is 0.143. The molecule has 0 fully saturated rings. The third kappa shape index (κ3) is 1.80. The molecule has 0 radical (unpaired) electrons. The minimum atomic E-state index is -3.04. The Morgan fingerprint density at radius 2 is 2.15 bits per heavy atom. The Morgan fingerprint density at radius 3 is 2.54 bits per heavy atom. The first-order chi connectivity index (χ1) is 6.07. The lowest BCUT2D eigenvalue weighted by Gasteiger charge is -2.04. The average Bonchev–Trinajstić information content (AvgIpc) is 2.07. The third-order valence-electron chi connectivity index (χ3n) is 1.35. The average molecular weight is 251 g/mol. The molecule has 0 bridgehead atoms. The maximum Gasteiger partial charge on any atom is 0.269 e. The second-order valence-electron chi connectivity index (χ2n) is 2.10. The van der Waals surface area contributed by atoms with Gasteiger partial charge in [0.2, 0.25) is 5.95 Å². The molecule has 1 aromatic heterocycles. The topological polar surface area (TPSA) is 36.7 Å². The van der Waals surface area contributed by atoms with Gasteiger partial charge in [-0.25, -0.2) is 13.8 Å². The van der Waals surface area contributed by atoms with E-state index in [0.29, 0.717) is 0 Å². The molecule has 0 saturated heterocycles. The quantitative estimate of drug-likeness (QED) is 0.719. The number of nitrogens with zero attached hydrogens (tertiary/aromatic N) is 2. The maximum absolute atomic E-state index is 12.7. The highest BCUT2D eigenvalue weighted by Crippen LogP contribution is 2.28. The van der Waals surface area contributed by atoms with Crippen molar-refractivity contribution in [3.05, 3.63) is 27.7 Å². The molecule has 2 nitrogen and oxygen atoms in total. The van der Waals surface area contributed by atoms with Gasteiger partial charge in [0.05, 0.1) is 15.6 Å². The van der Waals surface area contributed by atoms with Gasteiger partial charge >= 0.3 is 0 Å². The van der Waals surface area contributed by atoms with Crippen molar-refractivity contribution in [2.45, 2.75) is 6.43 Å². The zero-order valence-corrected chi connectivity index (χ0v) is 7.65. The predicted octanol–water partition coefficient (Wildman–Crippen LogP) is 2.79.